The van der Waals surface area contributed by atoms with Crippen molar-refractivity contribution in [2.75, 3.05) is 31.0 Å². The number of carbonyl (C=O) groups excluding carboxylic acids is 4. The zero-order valence-electron chi connectivity index (χ0n) is 60.0. The maximum atomic E-state index is 12.7. The van der Waals surface area contributed by atoms with Crippen LogP contribution in [-0.2, 0) is 46.4 Å². The van der Waals surface area contributed by atoms with Gasteiger partial charge in [-0.3, -0.25) is 38.6 Å². The third kappa shape index (κ3) is 19.0. The Morgan fingerprint density at radius 1 is 0.533 bits per heavy atom. The van der Waals surface area contributed by atoms with Crippen LogP contribution in [0.4, 0.5) is 22.6 Å². The van der Waals surface area contributed by atoms with E-state index < -0.39 is 68.4 Å². The minimum absolute atomic E-state index is 0.00587. The molecule has 3 aliphatic rings. The number of esters is 3. The molecule has 0 bridgehead atoms. The Labute approximate surface area is 613 Å². The van der Waals surface area contributed by atoms with Crippen molar-refractivity contribution in [2.45, 2.75) is 147 Å². The second-order valence-corrected chi connectivity index (χ2v) is 30.2. The molecule has 8 N–H and O–H groups in total. The molecule has 3 unspecified atom stereocenters. The first kappa shape index (κ1) is 76.2. The van der Waals surface area contributed by atoms with E-state index in [0.717, 1.165) is 16.9 Å². The molecular weight excluding hydrogens is 1400 g/mol. The van der Waals surface area contributed by atoms with Crippen molar-refractivity contribution >= 4 is 83.7 Å². The van der Waals surface area contributed by atoms with Crippen LogP contribution in [0.5, 0.6) is 17.4 Å². The molecule has 0 saturated carbocycles. The van der Waals surface area contributed by atoms with E-state index in [9.17, 15) is 28.8 Å². The summed E-state index contributed by atoms with van der Waals surface area (Å²) in [6, 6.07) is 40.9. The Bertz CT molecular complexity index is 4940. The summed E-state index contributed by atoms with van der Waals surface area (Å²) < 4.78 is 62.0. The van der Waals surface area contributed by atoms with Crippen LogP contribution in [0.15, 0.2) is 168 Å². The van der Waals surface area contributed by atoms with Crippen molar-refractivity contribution in [1.82, 2.24) is 58.6 Å². The summed E-state index contributed by atoms with van der Waals surface area (Å²) in [5.74, 6) is 0.713. The van der Waals surface area contributed by atoms with Gasteiger partial charge in [0.2, 0.25) is 32.0 Å². The number of nitrogen functional groups attached to an aromatic ring is 2. The van der Waals surface area contributed by atoms with E-state index in [1.165, 1.54) is 12.7 Å². The first-order chi connectivity index (χ1) is 51.6. The molecule has 0 spiro atoms. The number of aliphatic hydroxyl groups is 1. The number of amides is 1. The van der Waals surface area contributed by atoms with Gasteiger partial charge in [-0.05, 0) is 111 Å². The van der Waals surface area contributed by atoms with E-state index in [0.29, 0.717) is 83.7 Å². The number of aliphatic hydroxyl groups excluding tert-OH is 1. The molecule has 3 aliphatic heterocycles. The number of nitrogens with two attached hydrogens (primary N) is 2. The number of nitrogens with one attached hydrogen (secondary N) is 3. The predicted octanol–water partition coefficient (Wildman–Crippen LogP) is 10.2. The predicted molar refractivity (Wildman–Crippen MR) is 394 cm³/mol. The van der Waals surface area contributed by atoms with E-state index in [1.807, 2.05) is 79.9 Å². The van der Waals surface area contributed by atoms with Gasteiger partial charge in [-0.1, -0.05) is 99.6 Å². The highest BCUT2D eigenvalue weighted by atomic mass is 28.4. The highest BCUT2D eigenvalue weighted by Gasteiger charge is 2.42. The molecule has 11 aromatic rings. The minimum atomic E-state index is -1.92. The average Bonchev–Trinajstić information content (AvgIpc) is 1.64. The van der Waals surface area contributed by atoms with Gasteiger partial charge in [-0.2, -0.15) is 19.9 Å². The Hall–Kier alpha value is -11.9. The maximum absolute atomic E-state index is 12.7. The van der Waals surface area contributed by atoms with Crippen molar-refractivity contribution in [3.8, 4) is 17.4 Å². The highest BCUT2D eigenvalue weighted by Crippen LogP contribution is 2.38. The number of anilines is 3. The molecule has 560 valence electrons. The third-order valence-electron chi connectivity index (χ3n) is 17.3. The monoisotopic (exact) mass is 1480 g/mol. The van der Waals surface area contributed by atoms with Crippen molar-refractivity contribution in [1.29, 1.82) is 0 Å². The van der Waals surface area contributed by atoms with Gasteiger partial charge in [0.1, 0.15) is 55.1 Å². The molecule has 3 fully saturated rings. The zero-order chi connectivity index (χ0) is 75.9. The summed E-state index contributed by atoms with van der Waals surface area (Å²) in [6.07, 6.45) is 3.44. The van der Waals surface area contributed by atoms with Crippen LogP contribution in [-0.4, -0.2) is 147 Å². The van der Waals surface area contributed by atoms with Gasteiger partial charge in [0.15, 0.2) is 33.5 Å². The van der Waals surface area contributed by atoms with Crippen LogP contribution in [0.1, 0.15) is 120 Å². The first-order valence-corrected chi connectivity index (χ1v) is 38.0. The van der Waals surface area contributed by atoms with Crippen LogP contribution >= 0.6 is 0 Å². The normalized spacial score (nSPS) is 19.4. The van der Waals surface area contributed by atoms with Gasteiger partial charge in [-0.25, -0.2) is 34.1 Å². The number of aromatic nitrogens is 12. The number of H-pyrrole nitrogens is 2. The van der Waals surface area contributed by atoms with Crippen molar-refractivity contribution in [2.24, 2.45) is 0 Å². The standard InChI is InChI=1S/C27H27N5O7.C21H27N5O4Si.C18H19N5O4.C8H10O2/c1-3-19-20(39-25(34)17-7-5-4-6-8-17)13-21(38-19)32-15-28-22-23(32)29-26(30-24(22)33)31-27(35)37-14-16-9-11-18(36-2)12-10-16;1-5-14-15(29-20(27)13-9-7-6-8-10-13)11-16(28-14)26-12-23-17-18(26)24-21(22)25-19(17)30-31(2,3)4;1-2-11-12(27-17(25)10-6-4-3-5-7-10)8-13(26-11)23-9-20-14-15(23)21-18(19)22-16(14)24;1-10-8-4-2-7(6-9)3-5-8/h4-12,15,19-21H,3,13-14H2,1-2H3,(H2,29,30,31,33,35);6-10,12,14-16H,5,11H2,1-4H3,(H2,22,24,25);3-7,9,11-13H,2,8H2,1H3,(H3,19,21,22,24);2-5,9H,6H2,1H3/t19-,20?,21-;14-,15?,16-;11-,12?,13-;/m111./s1. The van der Waals surface area contributed by atoms with Crippen LogP contribution in [0.3, 0.4) is 0 Å². The fourth-order valence-electron chi connectivity index (χ4n) is 12.0. The van der Waals surface area contributed by atoms with E-state index in [2.05, 4.69) is 69.8 Å². The first-order valence-electron chi connectivity index (χ1n) is 34.6. The molecule has 9 atom stereocenters. The lowest BCUT2D eigenvalue weighted by Crippen LogP contribution is -2.30. The molecule has 3 saturated heterocycles. The van der Waals surface area contributed by atoms with Gasteiger partial charge >= 0.3 is 24.0 Å². The molecule has 33 heteroatoms. The Kier molecular flexibility index (Phi) is 24.8. The Morgan fingerprint density at radius 3 is 1.33 bits per heavy atom. The van der Waals surface area contributed by atoms with Gasteiger partial charge in [0.05, 0.1) is 74.8 Å². The molecule has 32 nitrogen and oxygen atoms in total. The highest BCUT2D eigenvalue weighted by molar-refractivity contribution is 6.70. The summed E-state index contributed by atoms with van der Waals surface area (Å²) in [4.78, 5) is 109. The van der Waals surface area contributed by atoms with Crippen LogP contribution < -0.4 is 41.8 Å². The molecule has 1 amide bonds. The fraction of sp³-hybridized carbons (Fsp3) is 0.338. The number of rotatable bonds is 20. The van der Waals surface area contributed by atoms with Crippen LogP contribution in [0, 0.1) is 0 Å². The molecular formula is C74H83N15O17Si. The lowest BCUT2D eigenvalue weighted by atomic mass is 10.1. The van der Waals surface area contributed by atoms with Gasteiger partial charge in [0, 0.05) is 19.3 Å². The van der Waals surface area contributed by atoms with E-state index in [-0.39, 0.29) is 78.1 Å². The van der Waals surface area contributed by atoms with E-state index in [4.69, 9.17) is 63.6 Å². The van der Waals surface area contributed by atoms with Gasteiger partial charge in [0.25, 0.3) is 11.1 Å². The molecule has 14 rings (SSSR count). The van der Waals surface area contributed by atoms with Gasteiger partial charge < -0.3 is 63.6 Å². The van der Waals surface area contributed by atoms with Crippen molar-refractivity contribution < 1.29 is 71.3 Å². The topological polar surface area (TPSA) is 416 Å². The largest absolute Gasteiger partial charge is 0.530 e. The quantitative estimate of drug-likeness (QED) is 0.0234. The summed E-state index contributed by atoms with van der Waals surface area (Å²) in [6.45, 7) is 12.2. The molecule has 0 aliphatic carbocycles. The summed E-state index contributed by atoms with van der Waals surface area (Å²) in [5.41, 5.74) is 15.6. The maximum Gasteiger partial charge on any atom is 0.414 e. The smallest absolute Gasteiger partial charge is 0.414 e. The number of carbonyl (C=O) groups is 4. The second kappa shape index (κ2) is 34.8. The lowest BCUT2D eigenvalue weighted by Gasteiger charge is -2.18. The molecule has 5 aromatic carbocycles. The number of ether oxygens (including phenoxy) is 9. The molecule has 6 aromatic heterocycles. The molecule has 107 heavy (non-hydrogen) atoms. The summed E-state index contributed by atoms with van der Waals surface area (Å²) in [7, 11) is 1.26. The van der Waals surface area contributed by atoms with Crippen LogP contribution in [0.25, 0.3) is 33.5 Å². The SMILES string of the molecule is CC[C@H]1O[C@@H](n2cnc3c(=O)[nH]c(N)nc32)CC1OC(=O)c1ccccc1.CC[C@H]1O[C@@H](n2cnc3c(=O)[nH]c(NC(=O)OCc4ccc(OC)cc4)nc32)CC1OC(=O)c1ccccc1.CC[C@H]1O[C@@H](n2cnc3c(O[Si](C)(C)C)nc(N)nc32)CC1OC(=O)c1ccccc1.COc1ccc(CO)cc1. The third-order valence-corrected chi connectivity index (χ3v) is 18.1. The Morgan fingerprint density at radius 2 is 0.925 bits per heavy atom. The number of fused-ring (bicyclic) bond motifs is 3. The van der Waals surface area contributed by atoms with Crippen molar-refractivity contribution in [3.63, 3.8) is 0 Å². The van der Waals surface area contributed by atoms with Crippen LogP contribution in [0.2, 0.25) is 19.6 Å². The van der Waals surface area contributed by atoms with Gasteiger partial charge in [-0.15, -0.1) is 0 Å². The number of aromatic amines is 2. The number of benzene rings is 5. The minimum Gasteiger partial charge on any atom is -0.530 e. The average molecular weight is 1480 g/mol. The second-order valence-electron chi connectivity index (χ2n) is 25.7. The van der Waals surface area contributed by atoms with E-state index in [1.54, 1.807) is 115 Å². The number of methoxy groups -OCH3 is 2. The molecule has 9 heterocycles. The summed E-state index contributed by atoms with van der Waals surface area (Å²) >= 11 is 0. The molecule has 0 radical (unpaired) electrons. The number of hydrogen-bond acceptors (Lipinski definition) is 26. The Balaban J connectivity index is 0.000000152. The summed E-state index contributed by atoms with van der Waals surface area (Å²) in [5, 5.41) is 11.1. The number of nitrogens with zero attached hydrogens (tertiary/aromatic N) is 10. The lowest BCUT2D eigenvalue weighted by molar-refractivity contribution is -0.0285. The fourth-order valence-corrected chi connectivity index (χ4v) is 12.7. The zero-order valence-corrected chi connectivity index (χ0v) is 61.0. The van der Waals surface area contributed by atoms with Crippen molar-refractivity contribution in [3.05, 3.63) is 207 Å². The number of hydrogen-bond donors (Lipinski definition) is 6. The number of imidazole rings is 3. The van der Waals surface area contributed by atoms with E-state index >= 15 is 0 Å².